The second-order valence-corrected chi connectivity index (χ2v) is 17.1. The Morgan fingerprint density at radius 1 is 0.661 bits per heavy atom. The monoisotopic (exact) mass is 808 g/mol. The Balaban J connectivity index is 1.18. The molecule has 1 saturated carbocycles. The van der Waals surface area contributed by atoms with Crippen molar-refractivity contribution in [2.24, 2.45) is 5.92 Å². The second-order valence-electron chi connectivity index (χ2n) is 15.9. The summed E-state index contributed by atoms with van der Waals surface area (Å²) < 4.78 is 11.4. The number of rotatable bonds is 15. The number of thioether (sulfide) groups is 1. The maximum atomic E-state index is 14.7. The summed E-state index contributed by atoms with van der Waals surface area (Å²) in [5, 5.41) is 6.04. The summed E-state index contributed by atoms with van der Waals surface area (Å²) in [6.07, 6.45) is 6.97. The van der Waals surface area contributed by atoms with Crippen LogP contribution in [0.1, 0.15) is 98.9 Å². The van der Waals surface area contributed by atoms with Crippen LogP contribution in [0.3, 0.4) is 0 Å². The Hall–Kier alpha value is -5.34. The molecule has 2 aliphatic rings. The van der Waals surface area contributed by atoms with Crippen LogP contribution in [0.25, 0.3) is 11.1 Å². The fourth-order valence-electron chi connectivity index (χ4n) is 8.64. The van der Waals surface area contributed by atoms with Crippen molar-refractivity contribution >= 4 is 29.7 Å². The zero-order chi connectivity index (χ0) is 41.0. The second kappa shape index (κ2) is 20.1. The number of amides is 2. The van der Waals surface area contributed by atoms with Crippen LogP contribution in [0.15, 0.2) is 140 Å². The molecule has 0 aromatic heterocycles. The lowest BCUT2D eigenvalue weighted by Gasteiger charge is -2.36. The molecule has 8 heteroatoms. The molecule has 306 valence electrons. The van der Waals surface area contributed by atoms with Gasteiger partial charge >= 0.3 is 12.1 Å². The molecule has 59 heavy (non-hydrogen) atoms. The molecule has 3 atom stereocenters. The molecule has 5 aromatic carbocycles. The van der Waals surface area contributed by atoms with E-state index in [1.54, 1.807) is 11.8 Å². The first kappa shape index (κ1) is 41.8. The fourth-order valence-corrected chi connectivity index (χ4v) is 10.2. The number of hydrogen-bond donors (Lipinski definition) is 2. The molecule has 1 fully saturated rings. The normalized spacial score (nSPS) is 16.0. The van der Waals surface area contributed by atoms with E-state index >= 15 is 0 Å². The van der Waals surface area contributed by atoms with E-state index in [-0.39, 0.29) is 30.3 Å². The summed E-state index contributed by atoms with van der Waals surface area (Å²) in [4.78, 5) is 42.7. The highest BCUT2D eigenvalue weighted by Crippen LogP contribution is 2.49. The summed E-state index contributed by atoms with van der Waals surface area (Å²) in [5.41, 5.74) is 7.56. The van der Waals surface area contributed by atoms with E-state index in [2.05, 4.69) is 71.3 Å². The van der Waals surface area contributed by atoms with Crippen LogP contribution in [-0.2, 0) is 23.8 Å². The van der Waals surface area contributed by atoms with Gasteiger partial charge in [0.2, 0.25) is 5.91 Å². The predicted octanol–water partition coefficient (Wildman–Crippen LogP) is 10.8. The van der Waals surface area contributed by atoms with Gasteiger partial charge < -0.3 is 20.1 Å². The molecule has 0 bridgehead atoms. The van der Waals surface area contributed by atoms with Crippen LogP contribution in [0.5, 0.6) is 0 Å². The van der Waals surface area contributed by atoms with Crippen molar-refractivity contribution in [2.75, 3.05) is 12.4 Å². The molecular weight excluding hydrogens is 753 g/mol. The minimum atomic E-state index is -1.06. The van der Waals surface area contributed by atoms with E-state index in [9.17, 15) is 14.4 Å². The van der Waals surface area contributed by atoms with Crippen molar-refractivity contribution in [3.8, 4) is 11.1 Å². The zero-order valence-corrected chi connectivity index (χ0v) is 35.0. The summed E-state index contributed by atoms with van der Waals surface area (Å²) >= 11 is 1.57. The van der Waals surface area contributed by atoms with E-state index in [1.165, 1.54) is 6.42 Å². The van der Waals surface area contributed by atoms with Crippen molar-refractivity contribution in [3.63, 3.8) is 0 Å². The minimum Gasteiger partial charge on any atom is -0.461 e. The summed E-state index contributed by atoms with van der Waals surface area (Å²) in [6.45, 7) is 4.06. The van der Waals surface area contributed by atoms with Crippen LogP contribution >= 0.6 is 11.8 Å². The van der Waals surface area contributed by atoms with E-state index in [1.807, 2.05) is 92.7 Å². The number of nitrogens with one attached hydrogen (secondary N) is 2. The number of alkyl carbamates (subject to hydrolysis) is 1. The molecule has 0 unspecified atom stereocenters. The van der Waals surface area contributed by atoms with Crippen LogP contribution in [0.2, 0.25) is 0 Å². The maximum absolute atomic E-state index is 14.7. The minimum absolute atomic E-state index is 0.104. The first-order valence-electron chi connectivity index (χ1n) is 21.3. The van der Waals surface area contributed by atoms with Gasteiger partial charge in [0.05, 0.1) is 4.75 Å². The molecule has 7 nitrogen and oxygen atoms in total. The van der Waals surface area contributed by atoms with Crippen molar-refractivity contribution < 1.29 is 23.9 Å². The lowest BCUT2D eigenvalue weighted by molar-refractivity contribution is -0.155. The van der Waals surface area contributed by atoms with E-state index in [0.29, 0.717) is 6.42 Å². The van der Waals surface area contributed by atoms with E-state index < -0.39 is 34.8 Å². The first-order valence-corrected chi connectivity index (χ1v) is 22.3. The average molecular weight is 809 g/mol. The van der Waals surface area contributed by atoms with Gasteiger partial charge in [0, 0.05) is 11.7 Å². The molecular formula is C51H56N2O5S. The molecule has 5 aromatic rings. The summed E-state index contributed by atoms with van der Waals surface area (Å²) in [5.74, 6) is -1.05. The molecule has 2 aliphatic carbocycles. The smallest absolute Gasteiger partial charge is 0.407 e. The van der Waals surface area contributed by atoms with Crippen molar-refractivity contribution in [1.82, 2.24) is 10.6 Å². The molecule has 7 rings (SSSR count). The summed E-state index contributed by atoms with van der Waals surface area (Å²) in [7, 11) is 0. The zero-order valence-electron chi connectivity index (χ0n) is 34.2. The SMILES string of the molecule is CC[C@H](C)[C@H](NC(=O)[C@H](CSC(c1ccccc1)(c1ccccc1)c1ccccc1)NC(=O)OCC1c2ccccc2-c2ccccc21)C(=O)OC1CCCCCCC1. The van der Waals surface area contributed by atoms with Crippen molar-refractivity contribution in [2.45, 2.75) is 94.1 Å². The fraction of sp³-hybridized carbons (Fsp3) is 0.353. The maximum Gasteiger partial charge on any atom is 0.407 e. The predicted molar refractivity (Wildman–Crippen MR) is 237 cm³/mol. The van der Waals surface area contributed by atoms with Gasteiger partial charge in [-0.15, -0.1) is 11.8 Å². The molecule has 0 saturated heterocycles. The number of ether oxygens (including phenoxy) is 2. The van der Waals surface area contributed by atoms with Gasteiger partial charge in [-0.3, -0.25) is 4.79 Å². The van der Waals surface area contributed by atoms with Gasteiger partial charge in [-0.05, 0) is 70.5 Å². The van der Waals surface area contributed by atoms with E-state index in [0.717, 1.165) is 77.5 Å². The van der Waals surface area contributed by atoms with Crippen LogP contribution < -0.4 is 10.6 Å². The Labute approximate surface area is 353 Å². The number of benzene rings is 5. The largest absolute Gasteiger partial charge is 0.461 e. The lowest BCUT2D eigenvalue weighted by Crippen LogP contribution is -2.55. The topological polar surface area (TPSA) is 93.7 Å². The number of fused-ring (bicyclic) bond motifs is 3. The molecule has 0 spiro atoms. The third kappa shape index (κ3) is 9.76. The summed E-state index contributed by atoms with van der Waals surface area (Å²) in [6, 6.07) is 45.2. The van der Waals surface area contributed by atoms with Crippen molar-refractivity contribution in [1.29, 1.82) is 0 Å². The van der Waals surface area contributed by atoms with Gasteiger partial charge in [0.15, 0.2) is 0 Å². The van der Waals surface area contributed by atoms with Gasteiger partial charge in [-0.1, -0.05) is 179 Å². The van der Waals surface area contributed by atoms with Crippen molar-refractivity contribution in [3.05, 3.63) is 167 Å². The first-order chi connectivity index (χ1) is 28.9. The van der Waals surface area contributed by atoms with Crippen LogP contribution in [-0.4, -0.2) is 48.5 Å². The third-order valence-electron chi connectivity index (χ3n) is 12.1. The standard InChI is InChI=1S/C51H56N2O5S/c1-3-36(2)47(49(55)58-40-28-16-5-4-6-17-29-40)53-48(54)46(52-50(56)57-34-45-43-32-20-18-30-41(43)42-31-19-21-33-44(42)45)35-59-51(37-22-10-7-11-23-37,38-24-12-8-13-25-38)39-26-14-9-15-27-39/h7-15,18-27,30-33,36,40,45-47H,3-6,16-17,28-29,34-35H2,1-2H3,(H,52,56)(H,53,54)/t36-,46-,47-/m0/s1. The highest BCUT2D eigenvalue weighted by molar-refractivity contribution is 8.00. The highest BCUT2D eigenvalue weighted by atomic mass is 32.2. The highest BCUT2D eigenvalue weighted by Gasteiger charge is 2.40. The van der Waals surface area contributed by atoms with E-state index in [4.69, 9.17) is 9.47 Å². The molecule has 0 radical (unpaired) electrons. The Morgan fingerprint density at radius 3 is 1.64 bits per heavy atom. The third-order valence-corrected chi connectivity index (χ3v) is 13.7. The number of carbonyl (C=O) groups is 3. The van der Waals surface area contributed by atoms with Crippen LogP contribution in [0.4, 0.5) is 4.79 Å². The molecule has 2 N–H and O–H groups in total. The quantitative estimate of drug-likeness (QED) is 0.0808. The number of carbonyl (C=O) groups excluding carboxylic acids is 3. The van der Waals surface area contributed by atoms with Gasteiger partial charge in [-0.2, -0.15) is 0 Å². The Morgan fingerprint density at radius 2 is 1.14 bits per heavy atom. The molecule has 0 aliphatic heterocycles. The Kier molecular flexibility index (Phi) is 14.2. The van der Waals surface area contributed by atoms with Gasteiger partial charge in [0.1, 0.15) is 24.8 Å². The molecule has 2 amide bonds. The Bertz CT molecular complexity index is 2000. The molecule has 0 heterocycles. The lowest BCUT2D eigenvalue weighted by atomic mass is 9.84. The average Bonchev–Trinajstić information content (AvgIpc) is 3.59. The number of esters is 1. The number of hydrogen-bond acceptors (Lipinski definition) is 6. The van der Waals surface area contributed by atoms with Crippen LogP contribution in [0, 0.1) is 5.92 Å². The van der Waals surface area contributed by atoms with Gasteiger partial charge in [0.25, 0.3) is 0 Å². The van der Waals surface area contributed by atoms with Gasteiger partial charge in [-0.25, -0.2) is 9.59 Å².